The molecule has 112 valence electrons. The van der Waals surface area contributed by atoms with Gasteiger partial charge >= 0.3 is 0 Å². The first-order chi connectivity index (χ1) is 9.70. The van der Waals surface area contributed by atoms with Crippen molar-refractivity contribution in [1.29, 1.82) is 0 Å². The van der Waals surface area contributed by atoms with E-state index >= 15 is 0 Å². The molecule has 1 aromatic heterocycles. The van der Waals surface area contributed by atoms with Crippen LogP contribution < -0.4 is 5.32 Å². The first-order valence-corrected chi connectivity index (χ1v) is 8.08. The molecule has 1 N–H and O–H groups in total. The fourth-order valence-corrected chi connectivity index (χ4v) is 3.23. The zero-order chi connectivity index (χ0) is 14.4. The Hall–Kier alpha value is -0.930. The van der Waals surface area contributed by atoms with E-state index in [1.807, 2.05) is 12.4 Å². The summed E-state index contributed by atoms with van der Waals surface area (Å²) in [5.74, 6) is 0. The Kier molecular flexibility index (Phi) is 5.99. The minimum absolute atomic E-state index is 0.577. The number of likely N-dealkylation sites (tertiary alicyclic amines) is 1. The molecule has 3 nitrogen and oxygen atoms in total. The molecule has 2 heterocycles. The number of hydrogen-bond donors (Lipinski definition) is 1. The number of nitrogens with zero attached hydrogens (tertiary/aromatic N) is 2. The fraction of sp³-hybridized carbons (Fsp3) is 0.706. The van der Waals surface area contributed by atoms with Crippen molar-refractivity contribution in [3.8, 4) is 0 Å². The molecule has 0 amide bonds. The Morgan fingerprint density at radius 1 is 1.40 bits per heavy atom. The van der Waals surface area contributed by atoms with Crippen LogP contribution in [-0.2, 0) is 6.54 Å². The summed E-state index contributed by atoms with van der Waals surface area (Å²) >= 11 is 0. The van der Waals surface area contributed by atoms with Crippen molar-refractivity contribution < 1.29 is 0 Å². The van der Waals surface area contributed by atoms with E-state index in [4.69, 9.17) is 0 Å². The highest BCUT2D eigenvalue weighted by atomic mass is 15.2. The molecular weight excluding hydrogens is 246 g/mol. The van der Waals surface area contributed by atoms with Crippen molar-refractivity contribution in [2.24, 2.45) is 0 Å². The van der Waals surface area contributed by atoms with Gasteiger partial charge in [-0.25, -0.2) is 0 Å². The molecule has 2 atom stereocenters. The number of aromatic nitrogens is 1. The van der Waals surface area contributed by atoms with E-state index in [0.29, 0.717) is 12.1 Å². The number of hydrogen-bond acceptors (Lipinski definition) is 3. The van der Waals surface area contributed by atoms with E-state index in [2.05, 4.69) is 42.0 Å². The molecule has 0 saturated carbocycles. The molecule has 0 spiro atoms. The highest BCUT2D eigenvalue weighted by Gasteiger charge is 2.26. The molecule has 0 bridgehead atoms. The van der Waals surface area contributed by atoms with Gasteiger partial charge in [0.2, 0.25) is 0 Å². The van der Waals surface area contributed by atoms with Crippen LogP contribution in [0.25, 0.3) is 0 Å². The third-order valence-electron chi connectivity index (χ3n) is 4.27. The Bertz CT molecular complexity index is 405. The summed E-state index contributed by atoms with van der Waals surface area (Å²) in [6, 6.07) is 3.51. The van der Waals surface area contributed by atoms with Gasteiger partial charge in [-0.05, 0) is 57.3 Å². The topological polar surface area (TPSA) is 28.2 Å². The lowest BCUT2D eigenvalue weighted by Gasteiger charge is -2.39. The number of pyridine rings is 1. The zero-order valence-electron chi connectivity index (χ0n) is 13.2. The average molecular weight is 275 g/mol. The number of aryl methyl sites for hydroxylation is 1. The van der Waals surface area contributed by atoms with E-state index < -0.39 is 0 Å². The monoisotopic (exact) mass is 275 g/mol. The van der Waals surface area contributed by atoms with E-state index in [-0.39, 0.29) is 0 Å². The van der Waals surface area contributed by atoms with Crippen molar-refractivity contribution in [2.45, 2.75) is 65.1 Å². The van der Waals surface area contributed by atoms with Crippen molar-refractivity contribution >= 4 is 0 Å². The van der Waals surface area contributed by atoms with Gasteiger partial charge in [-0.2, -0.15) is 0 Å². The summed E-state index contributed by atoms with van der Waals surface area (Å²) in [5.41, 5.74) is 2.60. The van der Waals surface area contributed by atoms with Crippen molar-refractivity contribution in [2.75, 3.05) is 13.1 Å². The maximum absolute atomic E-state index is 4.33. The Morgan fingerprint density at radius 3 is 3.00 bits per heavy atom. The summed E-state index contributed by atoms with van der Waals surface area (Å²) in [6.45, 7) is 10.1. The summed E-state index contributed by atoms with van der Waals surface area (Å²) in [7, 11) is 0. The van der Waals surface area contributed by atoms with Gasteiger partial charge < -0.3 is 5.32 Å². The molecule has 20 heavy (non-hydrogen) atoms. The minimum Gasteiger partial charge on any atom is -0.313 e. The molecule has 2 rings (SSSR count). The second-order valence-corrected chi connectivity index (χ2v) is 6.15. The van der Waals surface area contributed by atoms with Crippen LogP contribution >= 0.6 is 0 Å². The maximum atomic E-state index is 4.33. The quantitative estimate of drug-likeness (QED) is 0.864. The second-order valence-electron chi connectivity index (χ2n) is 6.15. The van der Waals surface area contributed by atoms with Gasteiger partial charge in [0, 0.05) is 31.0 Å². The van der Waals surface area contributed by atoms with Crippen molar-refractivity contribution in [3.63, 3.8) is 0 Å². The number of piperidine rings is 1. The highest BCUT2D eigenvalue weighted by Crippen LogP contribution is 2.22. The summed E-state index contributed by atoms with van der Waals surface area (Å²) in [4.78, 5) is 6.97. The Balaban J connectivity index is 1.99. The van der Waals surface area contributed by atoms with Gasteiger partial charge in [0.25, 0.3) is 0 Å². The van der Waals surface area contributed by atoms with Gasteiger partial charge in [0.15, 0.2) is 0 Å². The second kappa shape index (κ2) is 7.75. The molecule has 1 aliphatic heterocycles. The standard InChI is InChI=1S/C17H29N3/c1-4-8-19-15(3)17-7-5-6-9-20(17)13-16-10-14(2)11-18-12-16/h10-12,15,17,19H,4-9,13H2,1-3H3. The number of nitrogens with one attached hydrogen (secondary N) is 1. The molecule has 3 heteroatoms. The van der Waals surface area contributed by atoms with Crippen LogP contribution in [0.1, 0.15) is 50.7 Å². The maximum Gasteiger partial charge on any atom is 0.0313 e. The van der Waals surface area contributed by atoms with Crippen molar-refractivity contribution in [3.05, 3.63) is 29.6 Å². The molecule has 2 unspecified atom stereocenters. The lowest BCUT2D eigenvalue weighted by molar-refractivity contribution is 0.111. The number of rotatable bonds is 6. The van der Waals surface area contributed by atoms with E-state index in [1.54, 1.807) is 0 Å². The van der Waals surface area contributed by atoms with Crippen LogP contribution in [0.2, 0.25) is 0 Å². The smallest absolute Gasteiger partial charge is 0.0313 e. The van der Waals surface area contributed by atoms with Crippen LogP contribution in [0, 0.1) is 6.92 Å². The van der Waals surface area contributed by atoms with Crippen LogP contribution in [0.15, 0.2) is 18.5 Å². The van der Waals surface area contributed by atoms with Gasteiger partial charge in [0.05, 0.1) is 0 Å². The van der Waals surface area contributed by atoms with Crippen LogP contribution in [-0.4, -0.2) is 35.1 Å². The van der Waals surface area contributed by atoms with E-state index in [9.17, 15) is 0 Å². The van der Waals surface area contributed by atoms with E-state index in [0.717, 1.165) is 13.1 Å². The fourth-order valence-electron chi connectivity index (χ4n) is 3.23. The van der Waals surface area contributed by atoms with Crippen LogP contribution in [0.4, 0.5) is 0 Å². The lowest BCUT2D eigenvalue weighted by atomic mass is 9.95. The first kappa shape index (κ1) is 15.5. The third kappa shape index (κ3) is 4.29. The summed E-state index contributed by atoms with van der Waals surface area (Å²) in [5, 5.41) is 3.67. The molecule has 0 radical (unpaired) electrons. The first-order valence-electron chi connectivity index (χ1n) is 8.08. The van der Waals surface area contributed by atoms with Gasteiger partial charge in [-0.3, -0.25) is 9.88 Å². The summed E-state index contributed by atoms with van der Waals surface area (Å²) < 4.78 is 0. The largest absolute Gasteiger partial charge is 0.313 e. The normalized spacial score (nSPS) is 21.9. The zero-order valence-corrected chi connectivity index (χ0v) is 13.2. The summed E-state index contributed by atoms with van der Waals surface area (Å²) in [6.07, 6.45) is 9.17. The molecular formula is C17H29N3. The van der Waals surface area contributed by atoms with Gasteiger partial charge in [0.1, 0.15) is 0 Å². The average Bonchev–Trinajstić information content (AvgIpc) is 2.45. The van der Waals surface area contributed by atoms with Crippen LogP contribution in [0.5, 0.6) is 0 Å². The predicted molar refractivity (Wildman–Crippen MR) is 84.8 cm³/mol. The van der Waals surface area contributed by atoms with Gasteiger partial charge in [-0.15, -0.1) is 0 Å². The Morgan fingerprint density at radius 2 is 2.25 bits per heavy atom. The molecule has 1 fully saturated rings. The Labute approximate surface area is 123 Å². The van der Waals surface area contributed by atoms with Crippen LogP contribution in [0.3, 0.4) is 0 Å². The highest BCUT2D eigenvalue weighted by molar-refractivity contribution is 5.16. The minimum atomic E-state index is 0.577. The lowest BCUT2D eigenvalue weighted by Crippen LogP contribution is -2.50. The molecule has 0 aliphatic carbocycles. The van der Waals surface area contributed by atoms with Crippen molar-refractivity contribution in [1.82, 2.24) is 15.2 Å². The molecule has 1 aliphatic rings. The van der Waals surface area contributed by atoms with Gasteiger partial charge in [-0.1, -0.05) is 19.4 Å². The molecule has 1 aromatic rings. The third-order valence-corrected chi connectivity index (χ3v) is 4.27. The molecule has 0 aromatic carbocycles. The van der Waals surface area contributed by atoms with E-state index in [1.165, 1.54) is 43.4 Å². The molecule has 1 saturated heterocycles. The SMILES string of the molecule is CCCNC(C)C1CCCCN1Cc1cncc(C)c1. The predicted octanol–water partition coefficient (Wildman–Crippen LogP) is 3.13.